The summed E-state index contributed by atoms with van der Waals surface area (Å²) in [6, 6.07) is 4.05. The Hall–Kier alpha value is -7.32. The molecule has 2 heterocycles. The molecular weight excluding hydrogens is 1420 g/mol. The van der Waals surface area contributed by atoms with E-state index in [4.69, 9.17) is 11.5 Å². The molecule has 2 aromatic rings. The summed E-state index contributed by atoms with van der Waals surface area (Å²) in [5, 5.41) is 43.2. The van der Waals surface area contributed by atoms with Gasteiger partial charge in [0.2, 0.25) is 11.8 Å². The van der Waals surface area contributed by atoms with Crippen LogP contribution in [0.25, 0.3) is 0 Å². The van der Waals surface area contributed by atoms with Crippen LogP contribution in [-0.4, -0.2) is 242 Å². The van der Waals surface area contributed by atoms with Crippen LogP contribution in [0.2, 0.25) is 10.6 Å². The summed E-state index contributed by atoms with van der Waals surface area (Å²) in [6.45, 7) is 14.1. The average molecular weight is 1510 g/mol. The predicted octanol–water partition coefficient (Wildman–Crippen LogP) is -3.65. The maximum absolute atomic E-state index is 14.7. The third kappa shape index (κ3) is 25.6. The fourth-order valence-electron chi connectivity index (χ4n) is 9.71. The fraction of sp³-hybridized carbons (Fsp3) is 0.581. The van der Waals surface area contributed by atoms with Gasteiger partial charge in [-0.05, 0) is 27.7 Å². The van der Waals surface area contributed by atoms with Crippen LogP contribution in [0.15, 0.2) is 60.7 Å². The standard InChI is InChI=1S/C62H92N14O16S2Se2/c1-31(2)47(57(85)67-35(7)61(89)90)71-53(81)41(29-95-39-19-13-11-14-20-39)69-45(77)27-65-55(83)43-23-17-25-75(43)59(87)49(73-51(79)33(5)63)37(9)93-94-38(10)50(74-52(80)34(6)64)60(88)76-26-18-24-44(76)56(84)66-28-46(78)70-42(30-96-40-21-15-12-16-22-40)54(82)72-48(32(3)4)58(86)68-36(8)62(91)92/h11-16,19-22,31-38,41-44,47-50H,17-18,23-30,63-64H2,1-10H3,(H,65,83)(H,66,84)(H,67,85)(H,68,86)(H,69,77)(H,70,78)(H,71,81)(H,72,82)(H,73,79)(H,74,80)(H,89,90)(H,91,92)/t33-,34-,35-,36-,37+,38+,41-,42-,43-,44-,47-,48-,49+,50+/m0/s1. The first-order chi connectivity index (χ1) is 45.2. The topological polar surface area (TPSA) is 458 Å². The second-order valence-electron chi connectivity index (χ2n) is 24.1. The Morgan fingerprint density at radius 1 is 0.458 bits per heavy atom. The quantitative estimate of drug-likeness (QED) is 0.0229. The van der Waals surface area contributed by atoms with Gasteiger partial charge in [-0.25, -0.2) is 0 Å². The van der Waals surface area contributed by atoms with Gasteiger partial charge in [-0.1, -0.05) is 21.6 Å². The van der Waals surface area contributed by atoms with Crippen molar-refractivity contribution < 1.29 is 77.3 Å². The van der Waals surface area contributed by atoms with Crippen LogP contribution < -0.4 is 73.6 Å². The number of nitrogens with two attached hydrogens (primary N) is 2. The number of amides is 12. The number of likely N-dealkylation sites (tertiary alicyclic amines) is 2. The molecule has 0 spiro atoms. The number of aliphatic carboxylic acids is 2. The molecule has 12 amide bonds. The average Bonchev–Trinajstić information content (AvgIpc) is 1.62. The number of carboxylic acids is 2. The Labute approximate surface area is 578 Å². The van der Waals surface area contributed by atoms with Gasteiger partial charge in [-0.15, -0.1) is 0 Å². The molecule has 30 nitrogen and oxygen atoms in total. The van der Waals surface area contributed by atoms with Crippen molar-refractivity contribution in [3.63, 3.8) is 0 Å². The molecule has 0 unspecified atom stereocenters. The van der Waals surface area contributed by atoms with Crippen molar-refractivity contribution in [3.05, 3.63) is 60.7 Å². The fourth-order valence-corrected chi connectivity index (χ4v) is 16.3. The van der Waals surface area contributed by atoms with E-state index >= 15 is 0 Å². The van der Waals surface area contributed by atoms with E-state index in [0.29, 0.717) is 12.8 Å². The van der Waals surface area contributed by atoms with Crippen LogP contribution in [0.5, 0.6) is 0 Å². The Morgan fingerprint density at radius 3 is 1.08 bits per heavy atom. The van der Waals surface area contributed by atoms with E-state index in [2.05, 4.69) is 53.2 Å². The number of hydrogen-bond acceptors (Lipinski definition) is 18. The van der Waals surface area contributed by atoms with E-state index in [1.165, 1.54) is 37.5 Å². The molecule has 96 heavy (non-hydrogen) atoms. The Morgan fingerprint density at radius 2 is 0.781 bits per heavy atom. The number of carbonyl (C=O) groups excluding carboxylic acids is 12. The minimum absolute atomic E-state index is 0.0782. The molecule has 0 aliphatic carbocycles. The van der Waals surface area contributed by atoms with Crippen LogP contribution in [0.1, 0.15) is 94.9 Å². The zero-order valence-corrected chi connectivity index (χ0v) is 60.4. The van der Waals surface area contributed by atoms with Gasteiger partial charge in [-0.2, -0.15) is 0 Å². The molecule has 0 bridgehead atoms. The molecule has 2 aliphatic rings. The van der Waals surface area contributed by atoms with E-state index in [-0.39, 0.29) is 66.5 Å². The van der Waals surface area contributed by atoms with Crippen molar-refractivity contribution in [2.75, 3.05) is 26.2 Å². The summed E-state index contributed by atoms with van der Waals surface area (Å²) >= 11 is -0.727. The number of nitrogens with zero attached hydrogens (tertiary/aromatic N) is 2. The first-order valence-corrected chi connectivity index (χ1v) is 37.9. The van der Waals surface area contributed by atoms with Crippen molar-refractivity contribution in [1.82, 2.24) is 63.0 Å². The zero-order valence-electron chi connectivity index (χ0n) is 55.4. The Balaban J connectivity index is 1.46. The van der Waals surface area contributed by atoms with E-state index in [1.54, 1.807) is 41.5 Å². The summed E-state index contributed by atoms with van der Waals surface area (Å²) in [5.74, 6) is -12.2. The van der Waals surface area contributed by atoms with Crippen LogP contribution in [0.4, 0.5) is 0 Å². The molecule has 0 radical (unpaired) electrons. The molecule has 14 atom stereocenters. The molecule has 2 aromatic carbocycles. The summed E-state index contributed by atoms with van der Waals surface area (Å²) in [7, 11) is 2.15. The van der Waals surface area contributed by atoms with Gasteiger partial charge in [-0.3, -0.25) is 9.59 Å². The van der Waals surface area contributed by atoms with E-state index in [1.807, 2.05) is 60.7 Å². The molecular formula is C62H92N14O16S2Se2. The summed E-state index contributed by atoms with van der Waals surface area (Å²) in [5.41, 5.74) is 11.9. The van der Waals surface area contributed by atoms with Crippen molar-refractivity contribution in [1.29, 1.82) is 0 Å². The monoisotopic (exact) mass is 1510 g/mol. The van der Waals surface area contributed by atoms with Gasteiger partial charge in [0, 0.05) is 0 Å². The van der Waals surface area contributed by atoms with Crippen molar-refractivity contribution in [2.24, 2.45) is 23.3 Å². The number of carbonyl (C=O) groups is 14. The van der Waals surface area contributed by atoms with Crippen molar-refractivity contribution in [2.45, 2.75) is 189 Å². The third-order valence-corrected chi connectivity index (χ3v) is 23.4. The molecule has 34 heteroatoms. The van der Waals surface area contributed by atoms with Crippen LogP contribution in [0.3, 0.4) is 0 Å². The van der Waals surface area contributed by atoms with Crippen LogP contribution in [0, 0.1) is 11.8 Å². The van der Waals surface area contributed by atoms with Gasteiger partial charge >= 0.3 is 488 Å². The second-order valence-corrected chi connectivity index (χ2v) is 31.7. The number of carboxylic acid groups (broad SMARTS) is 2. The molecule has 16 N–H and O–H groups in total. The number of rotatable bonds is 37. The molecule has 4 rings (SSSR count). The van der Waals surface area contributed by atoms with E-state index < -0.39 is 191 Å². The first kappa shape index (κ1) is 81.1. The normalized spacial score (nSPS) is 18.2. The van der Waals surface area contributed by atoms with Gasteiger partial charge in [0.05, 0.1) is 12.1 Å². The molecule has 530 valence electrons. The van der Waals surface area contributed by atoms with Crippen molar-refractivity contribution in [3.8, 4) is 0 Å². The Kier molecular flexibility index (Phi) is 33.6. The summed E-state index contributed by atoms with van der Waals surface area (Å²) < 4.78 is 1.80. The molecule has 0 aromatic heterocycles. The summed E-state index contributed by atoms with van der Waals surface area (Å²) in [6.07, 6.45) is 1.06. The third-order valence-electron chi connectivity index (χ3n) is 15.4. The van der Waals surface area contributed by atoms with E-state index in [9.17, 15) is 77.3 Å². The molecule has 2 aliphatic heterocycles. The predicted molar refractivity (Wildman–Crippen MR) is 362 cm³/mol. The number of benzene rings is 2. The molecule has 0 saturated carbocycles. The van der Waals surface area contributed by atoms with Crippen LogP contribution in [-0.2, 0) is 67.1 Å². The summed E-state index contributed by atoms with van der Waals surface area (Å²) in [4.78, 5) is 191. The Bertz CT molecular complexity index is 2870. The minimum atomic E-state index is -1.33. The molecule has 2 saturated heterocycles. The van der Waals surface area contributed by atoms with Gasteiger partial charge in [0.25, 0.3) is 0 Å². The zero-order chi connectivity index (χ0) is 71.7. The maximum atomic E-state index is 14.7. The number of hydrogen-bond donors (Lipinski definition) is 14. The van der Waals surface area contributed by atoms with Gasteiger partial charge in [0.1, 0.15) is 0 Å². The van der Waals surface area contributed by atoms with Gasteiger partial charge < -0.3 is 11.5 Å². The molecule has 2 fully saturated rings. The van der Waals surface area contributed by atoms with Crippen molar-refractivity contribution >= 4 is 143 Å². The SMILES string of the molecule is CC(C)[C@H](NC(=O)[C@H](C[Se]c1ccccc1)NC(=O)CNC(=O)[C@@H]1CCCN1C(=O)[C@H](NC(=O)[C@H](C)N)[C@@H](C)SS[C@H](C)[C@@H](NC(=O)[C@H](C)N)C(=O)N1CCC[C@H]1C(=O)NCC(=O)N[C@@H](C[Se]c1ccccc1)C(=O)N[C@H](C(=O)N[C@@H](C)C(=O)O)C(C)C)C(=O)N[C@@H](C)C(=O)O. The number of nitrogens with one attached hydrogen (secondary N) is 10. The van der Waals surface area contributed by atoms with E-state index in [0.717, 1.165) is 30.5 Å². The van der Waals surface area contributed by atoms with Gasteiger partial charge in [0.15, 0.2) is 0 Å². The first-order valence-electron chi connectivity index (χ1n) is 31.4. The van der Waals surface area contributed by atoms with Crippen LogP contribution >= 0.6 is 21.6 Å². The second kappa shape index (κ2) is 39.8.